The Morgan fingerprint density at radius 2 is 2.15 bits per heavy atom. The van der Waals surface area contributed by atoms with Crippen molar-refractivity contribution in [3.8, 4) is 5.75 Å². The van der Waals surface area contributed by atoms with Crippen molar-refractivity contribution in [2.45, 2.75) is 0 Å². The third-order valence-electron chi connectivity index (χ3n) is 2.35. The molecule has 0 spiro atoms. The fourth-order valence-electron chi connectivity index (χ4n) is 1.47. The predicted molar refractivity (Wildman–Crippen MR) is 73.4 cm³/mol. The van der Waals surface area contributed by atoms with Crippen LogP contribution in [0.4, 0.5) is 9.39 Å². The molecule has 0 aliphatic rings. The fraction of sp³-hybridized carbons (Fsp3) is 0.0769. The van der Waals surface area contributed by atoms with Crippen molar-refractivity contribution in [2.75, 3.05) is 11.9 Å². The van der Waals surface area contributed by atoms with Crippen LogP contribution < -0.4 is 15.8 Å². The summed E-state index contributed by atoms with van der Waals surface area (Å²) in [4.78, 5) is 22.8. The van der Waals surface area contributed by atoms with E-state index >= 15 is 0 Å². The number of anilines is 1. The maximum atomic E-state index is 12.9. The first-order chi connectivity index (χ1) is 9.56. The van der Waals surface area contributed by atoms with Crippen LogP contribution in [0.1, 0.15) is 10.4 Å². The Labute approximate surface area is 118 Å². The van der Waals surface area contributed by atoms with Gasteiger partial charge in [0.2, 0.25) is 0 Å². The molecule has 0 saturated carbocycles. The van der Waals surface area contributed by atoms with E-state index in [1.807, 2.05) is 0 Å². The molecule has 0 atom stereocenters. The smallest absolute Gasteiger partial charge is 0.262 e. The van der Waals surface area contributed by atoms with E-state index in [4.69, 9.17) is 10.5 Å². The van der Waals surface area contributed by atoms with Crippen molar-refractivity contribution < 1.29 is 18.7 Å². The Kier molecular flexibility index (Phi) is 4.31. The lowest BCUT2D eigenvalue weighted by molar-refractivity contribution is -0.118. The molecule has 1 aromatic heterocycles. The van der Waals surface area contributed by atoms with Gasteiger partial charge in [-0.15, -0.1) is 11.3 Å². The molecule has 0 saturated heterocycles. The van der Waals surface area contributed by atoms with Crippen molar-refractivity contribution in [1.82, 2.24) is 0 Å². The number of hydrogen-bond acceptors (Lipinski definition) is 4. The first kappa shape index (κ1) is 14.0. The third-order valence-corrected chi connectivity index (χ3v) is 3.18. The molecule has 0 aliphatic heterocycles. The molecular formula is C13H11FN2O3S. The molecule has 5 nitrogen and oxygen atoms in total. The van der Waals surface area contributed by atoms with E-state index < -0.39 is 17.6 Å². The van der Waals surface area contributed by atoms with Crippen molar-refractivity contribution in [1.29, 1.82) is 0 Å². The summed E-state index contributed by atoms with van der Waals surface area (Å²) in [6.45, 7) is -0.292. The standard InChI is InChI=1S/C13H11FN2O3S/c14-8-2-1-3-9(6-8)19-7-11(17)16-13-10(12(15)18)4-5-20-13/h1-6H,7H2,(H2,15,18)(H,16,17). The Morgan fingerprint density at radius 1 is 1.35 bits per heavy atom. The Bertz CT molecular complexity index is 642. The van der Waals surface area contributed by atoms with Crippen molar-refractivity contribution >= 4 is 28.2 Å². The van der Waals surface area contributed by atoms with Gasteiger partial charge in [-0.25, -0.2) is 4.39 Å². The number of ether oxygens (including phenoxy) is 1. The molecule has 0 fully saturated rings. The van der Waals surface area contributed by atoms with Crippen LogP contribution in [0, 0.1) is 5.82 Å². The second-order valence-electron chi connectivity index (χ2n) is 3.82. The molecule has 0 bridgehead atoms. The zero-order valence-corrected chi connectivity index (χ0v) is 11.1. The van der Waals surface area contributed by atoms with Crippen LogP contribution in [-0.4, -0.2) is 18.4 Å². The van der Waals surface area contributed by atoms with Crippen LogP contribution >= 0.6 is 11.3 Å². The maximum absolute atomic E-state index is 12.9. The lowest BCUT2D eigenvalue weighted by Gasteiger charge is -2.07. The molecule has 0 radical (unpaired) electrons. The number of halogens is 1. The molecule has 3 N–H and O–H groups in total. The highest BCUT2D eigenvalue weighted by Crippen LogP contribution is 2.22. The number of nitrogens with two attached hydrogens (primary N) is 1. The zero-order chi connectivity index (χ0) is 14.5. The van der Waals surface area contributed by atoms with Crippen LogP contribution in [0.2, 0.25) is 0 Å². The minimum atomic E-state index is -0.618. The summed E-state index contributed by atoms with van der Waals surface area (Å²) in [5, 5.41) is 4.52. The number of thiophene rings is 1. The lowest BCUT2D eigenvalue weighted by atomic mass is 10.3. The van der Waals surface area contributed by atoms with Gasteiger partial charge in [-0.3, -0.25) is 9.59 Å². The summed E-state index contributed by atoms with van der Waals surface area (Å²) in [7, 11) is 0. The number of nitrogens with one attached hydrogen (secondary N) is 1. The van der Waals surface area contributed by atoms with Crippen LogP contribution in [-0.2, 0) is 4.79 Å². The molecule has 1 heterocycles. The summed E-state index contributed by atoms with van der Waals surface area (Å²) in [5.74, 6) is -1.27. The normalized spacial score (nSPS) is 10.1. The van der Waals surface area contributed by atoms with Gasteiger partial charge < -0.3 is 15.8 Å². The molecule has 2 rings (SSSR count). The van der Waals surface area contributed by atoms with Gasteiger partial charge in [-0.05, 0) is 23.6 Å². The van der Waals surface area contributed by atoms with Gasteiger partial charge >= 0.3 is 0 Å². The van der Waals surface area contributed by atoms with E-state index in [1.54, 1.807) is 5.38 Å². The molecule has 2 aromatic rings. The number of rotatable bonds is 5. The summed E-state index contributed by atoms with van der Waals surface area (Å²) in [5.41, 5.74) is 5.40. The molecule has 20 heavy (non-hydrogen) atoms. The van der Waals surface area contributed by atoms with Gasteiger partial charge in [0, 0.05) is 6.07 Å². The largest absolute Gasteiger partial charge is 0.484 e. The molecule has 1 aromatic carbocycles. The highest BCUT2D eigenvalue weighted by molar-refractivity contribution is 7.14. The average molecular weight is 294 g/mol. The van der Waals surface area contributed by atoms with E-state index in [2.05, 4.69) is 5.32 Å². The molecule has 7 heteroatoms. The minimum absolute atomic E-state index is 0.245. The number of carbonyl (C=O) groups is 2. The monoisotopic (exact) mass is 294 g/mol. The number of benzene rings is 1. The Balaban J connectivity index is 1.93. The van der Waals surface area contributed by atoms with Crippen LogP contribution in [0.15, 0.2) is 35.7 Å². The molecular weight excluding hydrogens is 283 g/mol. The van der Waals surface area contributed by atoms with Crippen LogP contribution in [0.5, 0.6) is 5.75 Å². The number of carbonyl (C=O) groups excluding carboxylic acids is 2. The lowest BCUT2D eigenvalue weighted by Crippen LogP contribution is -2.21. The topological polar surface area (TPSA) is 81.4 Å². The summed E-state index contributed by atoms with van der Waals surface area (Å²) in [6, 6.07) is 6.99. The van der Waals surface area contributed by atoms with Crippen molar-refractivity contribution in [2.24, 2.45) is 5.73 Å². The van der Waals surface area contributed by atoms with E-state index in [0.29, 0.717) is 5.00 Å². The Morgan fingerprint density at radius 3 is 2.85 bits per heavy atom. The summed E-state index contributed by atoms with van der Waals surface area (Å²) < 4.78 is 18.0. The molecule has 0 aliphatic carbocycles. The highest BCUT2D eigenvalue weighted by atomic mass is 32.1. The van der Waals surface area contributed by atoms with Crippen molar-refractivity contribution in [3.05, 3.63) is 47.1 Å². The molecule has 2 amide bonds. The van der Waals surface area contributed by atoms with Gasteiger partial charge in [-0.1, -0.05) is 6.07 Å². The first-order valence-electron chi connectivity index (χ1n) is 5.62. The fourth-order valence-corrected chi connectivity index (χ4v) is 2.28. The van der Waals surface area contributed by atoms with Crippen LogP contribution in [0.25, 0.3) is 0 Å². The van der Waals surface area contributed by atoms with E-state index in [-0.39, 0.29) is 17.9 Å². The van der Waals surface area contributed by atoms with Gasteiger partial charge in [0.1, 0.15) is 16.6 Å². The first-order valence-corrected chi connectivity index (χ1v) is 6.50. The van der Waals surface area contributed by atoms with E-state index in [1.165, 1.54) is 41.7 Å². The zero-order valence-electron chi connectivity index (χ0n) is 10.3. The van der Waals surface area contributed by atoms with Gasteiger partial charge in [-0.2, -0.15) is 0 Å². The SMILES string of the molecule is NC(=O)c1ccsc1NC(=O)COc1cccc(F)c1. The third kappa shape index (κ3) is 3.55. The summed E-state index contributed by atoms with van der Waals surface area (Å²) in [6.07, 6.45) is 0. The van der Waals surface area contributed by atoms with Crippen molar-refractivity contribution in [3.63, 3.8) is 0 Å². The van der Waals surface area contributed by atoms with Gasteiger partial charge in [0.25, 0.3) is 11.8 Å². The van der Waals surface area contributed by atoms with Crippen LogP contribution in [0.3, 0.4) is 0 Å². The van der Waals surface area contributed by atoms with E-state index in [0.717, 1.165) is 0 Å². The minimum Gasteiger partial charge on any atom is -0.484 e. The highest BCUT2D eigenvalue weighted by Gasteiger charge is 2.12. The van der Waals surface area contributed by atoms with E-state index in [9.17, 15) is 14.0 Å². The molecule has 0 unspecified atom stereocenters. The quantitative estimate of drug-likeness (QED) is 0.885. The van der Waals surface area contributed by atoms with Gasteiger partial charge in [0.05, 0.1) is 5.56 Å². The average Bonchev–Trinajstić information content (AvgIpc) is 2.85. The van der Waals surface area contributed by atoms with Gasteiger partial charge in [0.15, 0.2) is 6.61 Å². The second-order valence-corrected chi connectivity index (χ2v) is 4.74. The number of hydrogen-bond donors (Lipinski definition) is 2. The maximum Gasteiger partial charge on any atom is 0.262 e. The number of amides is 2. The Hall–Kier alpha value is -2.41. The molecule has 104 valence electrons. The predicted octanol–water partition coefficient (Wildman–Crippen LogP) is 2.00. The second kappa shape index (κ2) is 6.16. The number of primary amides is 1. The summed E-state index contributed by atoms with van der Waals surface area (Å²) >= 11 is 1.18.